The Hall–Kier alpha value is -3.40. The van der Waals surface area contributed by atoms with Crippen LogP contribution in [0, 0.1) is 23.2 Å². The van der Waals surface area contributed by atoms with E-state index in [4.69, 9.17) is 4.74 Å². The Morgan fingerprint density at radius 3 is 2.75 bits per heavy atom. The molecule has 3 amide bonds. The SMILES string of the molecule is COc1cccc2[nH]c(C(=O)N3C[C@H]4[C@@H]([C@H]3C(=O)NC(C[C@@H]3CCNC3=O)C(=O)CO)C4(C)C)cc12. The topological polar surface area (TPSA) is 141 Å². The Labute approximate surface area is 208 Å². The number of aromatic amines is 1. The monoisotopic (exact) mass is 496 g/mol. The minimum absolute atomic E-state index is 0.0416. The molecule has 3 aliphatic rings. The van der Waals surface area contributed by atoms with Crippen LogP contribution in [0.1, 0.15) is 37.2 Å². The number of carbonyl (C=O) groups excluding carboxylic acids is 4. The molecule has 36 heavy (non-hydrogen) atoms. The van der Waals surface area contributed by atoms with Gasteiger partial charge in [-0.15, -0.1) is 0 Å². The molecule has 3 heterocycles. The maximum Gasteiger partial charge on any atom is 0.271 e. The first-order chi connectivity index (χ1) is 17.2. The summed E-state index contributed by atoms with van der Waals surface area (Å²) < 4.78 is 5.41. The van der Waals surface area contributed by atoms with E-state index in [1.54, 1.807) is 18.1 Å². The molecular formula is C26H32N4O6. The summed E-state index contributed by atoms with van der Waals surface area (Å²) in [4.78, 5) is 56.5. The van der Waals surface area contributed by atoms with E-state index in [1.807, 2.05) is 18.2 Å². The minimum atomic E-state index is -0.994. The van der Waals surface area contributed by atoms with Crippen LogP contribution in [-0.2, 0) is 14.4 Å². The number of nitrogens with one attached hydrogen (secondary N) is 3. The normalized spacial score (nSPS) is 26.9. The lowest BCUT2D eigenvalue weighted by atomic mass is 9.95. The number of H-pyrrole nitrogens is 1. The van der Waals surface area contributed by atoms with Gasteiger partial charge in [0.15, 0.2) is 5.78 Å². The number of fused-ring (bicyclic) bond motifs is 2. The number of carbonyl (C=O) groups is 4. The Morgan fingerprint density at radius 2 is 2.08 bits per heavy atom. The number of Topliss-reactive ketones (excluding diaryl/α,β-unsaturated/α-hetero) is 1. The fourth-order valence-electron chi connectivity index (χ4n) is 6.16. The molecule has 1 saturated carbocycles. The number of piperidine rings is 1. The maximum absolute atomic E-state index is 13.6. The third-order valence-corrected chi connectivity index (χ3v) is 8.36. The molecule has 2 aromatic rings. The molecule has 0 spiro atoms. The molecular weight excluding hydrogens is 464 g/mol. The van der Waals surface area contributed by atoms with Gasteiger partial charge in [0, 0.05) is 29.9 Å². The van der Waals surface area contributed by atoms with Gasteiger partial charge in [-0.2, -0.15) is 0 Å². The maximum atomic E-state index is 13.6. The molecule has 3 fully saturated rings. The van der Waals surface area contributed by atoms with Crippen LogP contribution >= 0.6 is 0 Å². The fourth-order valence-corrected chi connectivity index (χ4v) is 6.16. The van der Waals surface area contributed by atoms with E-state index in [1.165, 1.54) is 0 Å². The number of hydrogen-bond acceptors (Lipinski definition) is 6. The van der Waals surface area contributed by atoms with E-state index in [-0.39, 0.29) is 35.5 Å². The van der Waals surface area contributed by atoms with Crippen LogP contribution in [-0.4, -0.2) is 77.4 Å². The Kier molecular flexibility index (Phi) is 6.02. The van der Waals surface area contributed by atoms with E-state index in [2.05, 4.69) is 29.5 Å². The number of aromatic nitrogens is 1. The molecule has 2 saturated heterocycles. The number of amides is 3. The molecule has 10 heteroatoms. The number of methoxy groups -OCH3 is 1. The van der Waals surface area contributed by atoms with Gasteiger partial charge in [0.2, 0.25) is 11.8 Å². The van der Waals surface area contributed by atoms with Crippen LogP contribution in [0.5, 0.6) is 5.75 Å². The molecule has 2 aliphatic heterocycles. The van der Waals surface area contributed by atoms with Crippen LogP contribution in [0.15, 0.2) is 24.3 Å². The van der Waals surface area contributed by atoms with Gasteiger partial charge in [-0.1, -0.05) is 19.9 Å². The van der Waals surface area contributed by atoms with Crippen molar-refractivity contribution in [2.45, 2.75) is 38.8 Å². The van der Waals surface area contributed by atoms with Crippen molar-refractivity contribution < 1.29 is 29.0 Å². The van der Waals surface area contributed by atoms with Crippen LogP contribution < -0.4 is 15.4 Å². The third kappa shape index (κ3) is 3.93. The van der Waals surface area contributed by atoms with E-state index in [0.717, 1.165) is 10.9 Å². The van der Waals surface area contributed by atoms with Crippen LogP contribution in [0.4, 0.5) is 0 Å². The highest BCUT2D eigenvalue weighted by Gasteiger charge is 2.69. The molecule has 1 aromatic heterocycles. The zero-order valence-electron chi connectivity index (χ0n) is 20.7. The first-order valence-electron chi connectivity index (χ1n) is 12.4. The first-order valence-corrected chi connectivity index (χ1v) is 12.4. The molecule has 5 atom stereocenters. The molecule has 10 nitrogen and oxygen atoms in total. The van der Waals surface area contributed by atoms with Crippen molar-refractivity contribution >= 4 is 34.4 Å². The van der Waals surface area contributed by atoms with Gasteiger partial charge in [-0.25, -0.2) is 0 Å². The Morgan fingerprint density at radius 1 is 1.31 bits per heavy atom. The molecule has 192 valence electrons. The van der Waals surface area contributed by atoms with Crippen molar-refractivity contribution in [2.24, 2.45) is 23.2 Å². The van der Waals surface area contributed by atoms with Crippen LogP contribution in [0.3, 0.4) is 0 Å². The molecule has 0 bridgehead atoms. The number of benzene rings is 1. The van der Waals surface area contributed by atoms with E-state index < -0.39 is 36.3 Å². The summed E-state index contributed by atoms with van der Waals surface area (Å²) in [6.45, 7) is 4.39. The molecule has 1 aromatic carbocycles. The standard InChI is InChI=1S/C26H32N4O6/c1-26(2)15-11-30(25(35)18-10-14-16(28-18)5-4-6-20(14)36-3)22(21(15)26)24(34)29-17(19(32)12-31)9-13-7-8-27-23(13)33/h4-6,10,13,15,17,21-22,28,31H,7-9,11-12H2,1-3H3,(H,27,33)(H,29,34)/t13-,15-,17?,21-,22-/m0/s1. The van der Waals surface area contributed by atoms with Crippen molar-refractivity contribution in [3.05, 3.63) is 30.0 Å². The number of aliphatic hydroxyl groups is 1. The van der Waals surface area contributed by atoms with E-state index in [9.17, 15) is 24.3 Å². The summed E-state index contributed by atoms with van der Waals surface area (Å²) in [5.41, 5.74) is 1.01. The van der Waals surface area contributed by atoms with Gasteiger partial charge >= 0.3 is 0 Å². The molecule has 0 radical (unpaired) electrons. The third-order valence-electron chi connectivity index (χ3n) is 8.36. The summed E-state index contributed by atoms with van der Waals surface area (Å²) in [6.07, 6.45) is 0.691. The zero-order valence-corrected chi connectivity index (χ0v) is 20.7. The minimum Gasteiger partial charge on any atom is -0.496 e. The van der Waals surface area contributed by atoms with Gasteiger partial charge in [0.25, 0.3) is 5.91 Å². The second-order valence-electron chi connectivity index (χ2n) is 10.7. The lowest BCUT2D eigenvalue weighted by Crippen LogP contribution is -2.54. The number of rotatable bonds is 8. The summed E-state index contributed by atoms with van der Waals surface area (Å²) in [7, 11) is 1.57. The van der Waals surface area contributed by atoms with Crippen molar-refractivity contribution in [3.63, 3.8) is 0 Å². The summed E-state index contributed by atoms with van der Waals surface area (Å²) in [5, 5.41) is 15.8. The number of likely N-dealkylation sites (tertiary alicyclic amines) is 1. The highest BCUT2D eigenvalue weighted by molar-refractivity contribution is 6.02. The summed E-state index contributed by atoms with van der Waals surface area (Å²) >= 11 is 0. The Balaban J connectivity index is 1.39. The first kappa shape index (κ1) is 24.3. The quantitative estimate of drug-likeness (QED) is 0.427. The lowest BCUT2D eigenvalue weighted by Gasteiger charge is -2.31. The molecule has 4 N–H and O–H groups in total. The number of nitrogens with zero attached hydrogens (tertiary/aromatic N) is 1. The molecule has 1 unspecified atom stereocenters. The number of hydrogen-bond donors (Lipinski definition) is 4. The largest absolute Gasteiger partial charge is 0.496 e. The predicted octanol–water partition coefficient (Wildman–Crippen LogP) is 0.846. The van der Waals surface area contributed by atoms with Gasteiger partial charge in [0.05, 0.1) is 13.2 Å². The number of ketones is 1. The molecule has 5 rings (SSSR count). The van der Waals surface area contributed by atoms with Crippen molar-refractivity contribution in [1.82, 2.24) is 20.5 Å². The van der Waals surface area contributed by atoms with Crippen molar-refractivity contribution in [1.29, 1.82) is 0 Å². The number of ether oxygens (including phenoxy) is 1. The van der Waals surface area contributed by atoms with Crippen LogP contribution in [0.25, 0.3) is 10.9 Å². The summed E-state index contributed by atoms with van der Waals surface area (Å²) in [6, 6.07) is 5.49. The highest BCUT2D eigenvalue weighted by Crippen LogP contribution is 2.65. The second-order valence-corrected chi connectivity index (χ2v) is 10.7. The van der Waals surface area contributed by atoms with Crippen LogP contribution in [0.2, 0.25) is 0 Å². The van der Waals surface area contributed by atoms with Gasteiger partial charge in [-0.05, 0) is 48.3 Å². The lowest BCUT2D eigenvalue weighted by molar-refractivity contribution is -0.133. The Bertz CT molecular complexity index is 1240. The zero-order chi connectivity index (χ0) is 25.8. The van der Waals surface area contributed by atoms with E-state index in [0.29, 0.717) is 31.0 Å². The highest BCUT2D eigenvalue weighted by atomic mass is 16.5. The van der Waals surface area contributed by atoms with Gasteiger partial charge in [0.1, 0.15) is 24.1 Å². The van der Waals surface area contributed by atoms with Crippen molar-refractivity contribution in [3.8, 4) is 5.75 Å². The van der Waals surface area contributed by atoms with E-state index >= 15 is 0 Å². The average Bonchev–Trinajstić information content (AvgIpc) is 3.38. The average molecular weight is 497 g/mol. The fraction of sp³-hybridized carbons (Fsp3) is 0.538. The van der Waals surface area contributed by atoms with Gasteiger partial charge in [-0.3, -0.25) is 19.2 Å². The smallest absolute Gasteiger partial charge is 0.271 e. The van der Waals surface area contributed by atoms with Gasteiger partial charge < -0.3 is 30.4 Å². The van der Waals surface area contributed by atoms with Crippen molar-refractivity contribution in [2.75, 3.05) is 26.8 Å². The molecule has 1 aliphatic carbocycles. The predicted molar refractivity (Wildman–Crippen MR) is 130 cm³/mol. The summed E-state index contributed by atoms with van der Waals surface area (Å²) in [5.74, 6) is -1.06. The second kappa shape index (κ2) is 8.92. The number of aliphatic hydroxyl groups excluding tert-OH is 1.